The zero-order valence-electron chi connectivity index (χ0n) is 7.75. The van der Waals surface area contributed by atoms with Gasteiger partial charge >= 0.3 is 0 Å². The summed E-state index contributed by atoms with van der Waals surface area (Å²) in [6.45, 7) is 2.92. The molecule has 1 saturated heterocycles. The molecule has 1 heterocycles. The largest absolute Gasteiger partial charge is 0.280 e. The standard InChI is InChI=1S/C9H18N2O/c1-2-3-4-5-8-6-7-11(10)9(8)12/h8H,2-7,10H2,1H3. The molecule has 0 aromatic carbocycles. The van der Waals surface area contributed by atoms with Gasteiger partial charge in [0.25, 0.3) is 0 Å². The van der Waals surface area contributed by atoms with Crippen LogP contribution < -0.4 is 5.84 Å². The number of hydrogen-bond acceptors (Lipinski definition) is 2. The molecule has 1 atom stereocenters. The number of rotatable bonds is 4. The van der Waals surface area contributed by atoms with Crippen LogP contribution in [-0.2, 0) is 4.79 Å². The number of amides is 1. The highest BCUT2D eigenvalue weighted by molar-refractivity contribution is 5.80. The molecule has 0 aromatic heterocycles. The summed E-state index contributed by atoms with van der Waals surface area (Å²) in [5.74, 6) is 5.82. The normalized spacial score (nSPS) is 23.7. The molecule has 0 radical (unpaired) electrons. The van der Waals surface area contributed by atoms with Crippen LogP contribution in [0.2, 0.25) is 0 Å². The second-order valence-corrected chi connectivity index (χ2v) is 3.51. The molecule has 3 nitrogen and oxygen atoms in total. The quantitative estimate of drug-likeness (QED) is 0.392. The van der Waals surface area contributed by atoms with Crippen LogP contribution in [0.5, 0.6) is 0 Å². The smallest absolute Gasteiger partial charge is 0.239 e. The highest BCUT2D eigenvalue weighted by Crippen LogP contribution is 2.21. The molecule has 1 aliphatic rings. The van der Waals surface area contributed by atoms with Crippen molar-refractivity contribution in [2.24, 2.45) is 11.8 Å². The molecule has 1 aliphatic heterocycles. The zero-order chi connectivity index (χ0) is 8.97. The van der Waals surface area contributed by atoms with E-state index in [0.717, 1.165) is 19.4 Å². The summed E-state index contributed by atoms with van der Waals surface area (Å²) < 4.78 is 0. The van der Waals surface area contributed by atoms with Crippen LogP contribution in [0.1, 0.15) is 39.0 Å². The highest BCUT2D eigenvalue weighted by Gasteiger charge is 2.28. The second-order valence-electron chi connectivity index (χ2n) is 3.51. The number of hydrogen-bond donors (Lipinski definition) is 1. The molecule has 1 unspecified atom stereocenters. The number of carbonyl (C=O) groups excluding carboxylic acids is 1. The molecule has 0 saturated carbocycles. The van der Waals surface area contributed by atoms with Crippen LogP contribution in [0.4, 0.5) is 0 Å². The predicted molar refractivity (Wildman–Crippen MR) is 48.1 cm³/mol. The lowest BCUT2D eigenvalue weighted by Crippen LogP contribution is -2.33. The van der Waals surface area contributed by atoms with Gasteiger partial charge in [-0.2, -0.15) is 0 Å². The van der Waals surface area contributed by atoms with E-state index in [1.807, 2.05) is 0 Å². The number of carbonyl (C=O) groups is 1. The molecule has 12 heavy (non-hydrogen) atoms. The van der Waals surface area contributed by atoms with Crippen molar-refractivity contribution >= 4 is 5.91 Å². The van der Waals surface area contributed by atoms with Gasteiger partial charge in [0.2, 0.25) is 5.91 Å². The maximum Gasteiger partial charge on any atom is 0.239 e. The Bertz CT molecular complexity index is 159. The molecule has 1 amide bonds. The highest BCUT2D eigenvalue weighted by atomic mass is 16.2. The van der Waals surface area contributed by atoms with E-state index < -0.39 is 0 Å². The van der Waals surface area contributed by atoms with Crippen molar-refractivity contribution in [3.8, 4) is 0 Å². The Morgan fingerprint density at radius 2 is 2.33 bits per heavy atom. The van der Waals surface area contributed by atoms with Gasteiger partial charge in [-0.3, -0.25) is 9.80 Å². The van der Waals surface area contributed by atoms with Gasteiger partial charge in [-0.25, -0.2) is 5.84 Å². The predicted octanol–water partition coefficient (Wildman–Crippen LogP) is 1.29. The zero-order valence-corrected chi connectivity index (χ0v) is 7.75. The third-order valence-corrected chi connectivity index (χ3v) is 2.51. The van der Waals surface area contributed by atoms with E-state index in [0.29, 0.717) is 0 Å². The first-order chi connectivity index (χ1) is 5.75. The number of hydrazine groups is 1. The van der Waals surface area contributed by atoms with E-state index in [1.165, 1.54) is 24.3 Å². The minimum atomic E-state index is 0.145. The van der Waals surface area contributed by atoms with Crippen molar-refractivity contribution in [3.63, 3.8) is 0 Å². The average molecular weight is 170 g/mol. The fourth-order valence-electron chi connectivity index (χ4n) is 1.67. The van der Waals surface area contributed by atoms with Gasteiger partial charge in [0.15, 0.2) is 0 Å². The lowest BCUT2D eigenvalue weighted by atomic mass is 10.0. The van der Waals surface area contributed by atoms with Crippen LogP contribution in [0, 0.1) is 5.92 Å². The lowest BCUT2D eigenvalue weighted by molar-refractivity contribution is -0.131. The Labute approximate surface area is 73.9 Å². The van der Waals surface area contributed by atoms with Gasteiger partial charge in [0, 0.05) is 12.5 Å². The van der Waals surface area contributed by atoms with Crippen molar-refractivity contribution in [2.75, 3.05) is 6.54 Å². The van der Waals surface area contributed by atoms with Gasteiger partial charge in [-0.15, -0.1) is 0 Å². The molecule has 0 aliphatic carbocycles. The van der Waals surface area contributed by atoms with Crippen LogP contribution in [0.25, 0.3) is 0 Å². The maximum absolute atomic E-state index is 11.3. The molecule has 3 heteroatoms. The van der Waals surface area contributed by atoms with Crippen molar-refractivity contribution in [3.05, 3.63) is 0 Å². The van der Waals surface area contributed by atoms with Gasteiger partial charge in [-0.1, -0.05) is 26.2 Å². The monoisotopic (exact) mass is 170 g/mol. The van der Waals surface area contributed by atoms with E-state index in [2.05, 4.69) is 6.92 Å². The van der Waals surface area contributed by atoms with Crippen LogP contribution in [-0.4, -0.2) is 17.5 Å². The molecule has 1 fully saturated rings. The fraction of sp³-hybridized carbons (Fsp3) is 0.889. The van der Waals surface area contributed by atoms with Crippen LogP contribution in [0.3, 0.4) is 0 Å². The Kier molecular flexibility index (Phi) is 3.53. The Morgan fingerprint density at radius 3 is 2.83 bits per heavy atom. The Morgan fingerprint density at radius 1 is 1.58 bits per heavy atom. The first-order valence-corrected chi connectivity index (χ1v) is 4.81. The van der Waals surface area contributed by atoms with Gasteiger partial charge in [0.1, 0.15) is 0 Å². The number of nitrogens with zero attached hydrogens (tertiary/aromatic N) is 1. The molecule has 1 rings (SSSR count). The first-order valence-electron chi connectivity index (χ1n) is 4.81. The molecule has 70 valence electrons. The molecule has 2 N–H and O–H groups in total. The van der Waals surface area contributed by atoms with E-state index in [1.54, 1.807) is 0 Å². The summed E-state index contributed by atoms with van der Waals surface area (Å²) >= 11 is 0. The summed E-state index contributed by atoms with van der Waals surface area (Å²) in [6, 6.07) is 0. The molecule has 0 spiro atoms. The van der Waals surface area contributed by atoms with E-state index in [-0.39, 0.29) is 11.8 Å². The van der Waals surface area contributed by atoms with Gasteiger partial charge < -0.3 is 0 Å². The fourth-order valence-corrected chi connectivity index (χ4v) is 1.67. The van der Waals surface area contributed by atoms with Gasteiger partial charge in [-0.05, 0) is 12.8 Å². The number of nitrogens with two attached hydrogens (primary N) is 1. The van der Waals surface area contributed by atoms with Crippen molar-refractivity contribution in [2.45, 2.75) is 39.0 Å². The van der Waals surface area contributed by atoms with Crippen molar-refractivity contribution < 1.29 is 4.79 Å². The maximum atomic E-state index is 11.3. The molecular formula is C9H18N2O. The first kappa shape index (κ1) is 9.52. The average Bonchev–Trinajstić information content (AvgIpc) is 2.36. The Balaban J connectivity index is 2.20. The topological polar surface area (TPSA) is 46.3 Å². The minimum absolute atomic E-state index is 0.145. The third-order valence-electron chi connectivity index (χ3n) is 2.51. The Hall–Kier alpha value is -0.570. The van der Waals surface area contributed by atoms with Crippen molar-refractivity contribution in [1.82, 2.24) is 5.01 Å². The molecular weight excluding hydrogens is 152 g/mol. The summed E-state index contributed by atoms with van der Waals surface area (Å²) in [5.41, 5.74) is 0. The summed E-state index contributed by atoms with van der Waals surface area (Å²) in [6.07, 6.45) is 5.60. The summed E-state index contributed by atoms with van der Waals surface area (Å²) in [7, 11) is 0. The molecule has 0 bridgehead atoms. The van der Waals surface area contributed by atoms with Gasteiger partial charge in [0.05, 0.1) is 0 Å². The van der Waals surface area contributed by atoms with Crippen molar-refractivity contribution in [1.29, 1.82) is 0 Å². The lowest BCUT2D eigenvalue weighted by Gasteiger charge is -2.08. The minimum Gasteiger partial charge on any atom is -0.280 e. The summed E-state index contributed by atoms with van der Waals surface area (Å²) in [5, 5.41) is 1.36. The second kappa shape index (κ2) is 4.45. The molecule has 0 aromatic rings. The summed E-state index contributed by atoms with van der Waals surface area (Å²) in [4.78, 5) is 11.3. The van der Waals surface area contributed by atoms with E-state index in [4.69, 9.17) is 5.84 Å². The third kappa shape index (κ3) is 2.21. The SMILES string of the molecule is CCCCCC1CCN(N)C1=O. The van der Waals surface area contributed by atoms with Crippen LogP contribution >= 0.6 is 0 Å². The van der Waals surface area contributed by atoms with Crippen LogP contribution in [0.15, 0.2) is 0 Å². The van der Waals surface area contributed by atoms with E-state index >= 15 is 0 Å². The number of unbranched alkanes of at least 4 members (excludes halogenated alkanes) is 2. The van der Waals surface area contributed by atoms with E-state index in [9.17, 15) is 4.79 Å².